The van der Waals surface area contributed by atoms with E-state index in [0.717, 1.165) is 24.1 Å². The molecule has 29 heavy (non-hydrogen) atoms. The maximum atomic E-state index is 9.48. The molecule has 2 aromatic carbocycles. The molecular weight excluding hydrogens is 384 g/mol. The van der Waals surface area contributed by atoms with Gasteiger partial charge in [0, 0.05) is 36.8 Å². The van der Waals surface area contributed by atoms with E-state index in [9.17, 15) is 10.4 Å². The van der Waals surface area contributed by atoms with Gasteiger partial charge in [-0.15, -0.1) is 0 Å². The second kappa shape index (κ2) is 7.94. The Labute approximate surface area is 174 Å². The summed E-state index contributed by atoms with van der Waals surface area (Å²) in [6, 6.07) is 16.1. The highest BCUT2D eigenvalue weighted by molar-refractivity contribution is 7.80. The lowest BCUT2D eigenvalue weighted by molar-refractivity contribution is 0.190. The Morgan fingerprint density at radius 1 is 1.31 bits per heavy atom. The summed E-state index contributed by atoms with van der Waals surface area (Å²) >= 11 is 5.81. The average molecular weight is 404 g/mol. The van der Waals surface area contributed by atoms with Crippen LogP contribution in [0.2, 0.25) is 0 Å². The summed E-state index contributed by atoms with van der Waals surface area (Å²) in [5.41, 5.74) is 3.70. The molecule has 0 radical (unpaired) electrons. The zero-order valence-corrected chi connectivity index (χ0v) is 16.8. The van der Waals surface area contributed by atoms with Crippen LogP contribution >= 0.6 is 12.2 Å². The molecule has 4 rings (SSSR count). The SMILES string of the molecule is Cn1ncc2c1CCN(C(=S)c1cccc(C#N)c1)C2COc1ccc(O)cc1. The summed E-state index contributed by atoms with van der Waals surface area (Å²) < 4.78 is 7.93. The summed E-state index contributed by atoms with van der Waals surface area (Å²) in [6.45, 7) is 1.13. The van der Waals surface area contributed by atoms with Gasteiger partial charge in [-0.05, 0) is 36.4 Å². The molecule has 1 unspecified atom stereocenters. The van der Waals surface area contributed by atoms with Gasteiger partial charge in [-0.1, -0.05) is 24.4 Å². The summed E-state index contributed by atoms with van der Waals surface area (Å²) in [4.78, 5) is 2.84. The predicted octanol–water partition coefficient (Wildman–Crippen LogP) is 3.35. The fraction of sp³-hybridized carbons (Fsp3) is 0.227. The molecule has 0 amide bonds. The third kappa shape index (κ3) is 3.80. The number of nitriles is 1. The van der Waals surface area contributed by atoms with Gasteiger partial charge in [0.05, 0.1) is 23.9 Å². The van der Waals surface area contributed by atoms with Crippen LogP contribution in [0, 0.1) is 11.3 Å². The highest BCUT2D eigenvalue weighted by atomic mass is 32.1. The molecule has 0 fully saturated rings. The molecule has 0 saturated carbocycles. The van der Waals surface area contributed by atoms with Gasteiger partial charge in [0.1, 0.15) is 23.1 Å². The number of aryl methyl sites for hydroxylation is 1. The number of benzene rings is 2. The van der Waals surface area contributed by atoms with Gasteiger partial charge in [-0.3, -0.25) is 4.68 Å². The Morgan fingerprint density at radius 2 is 2.10 bits per heavy atom. The van der Waals surface area contributed by atoms with E-state index in [1.807, 2.05) is 36.1 Å². The van der Waals surface area contributed by atoms with Gasteiger partial charge in [0.25, 0.3) is 0 Å². The quantitative estimate of drug-likeness (QED) is 0.672. The number of nitrogens with zero attached hydrogens (tertiary/aromatic N) is 4. The molecule has 1 N–H and O–H groups in total. The van der Waals surface area contributed by atoms with Crippen LogP contribution in [0.3, 0.4) is 0 Å². The van der Waals surface area contributed by atoms with Gasteiger partial charge in [0.15, 0.2) is 0 Å². The van der Waals surface area contributed by atoms with Crippen molar-refractivity contribution in [1.29, 1.82) is 5.26 Å². The van der Waals surface area contributed by atoms with Crippen LogP contribution in [-0.2, 0) is 13.5 Å². The molecule has 146 valence electrons. The fourth-order valence-corrected chi connectivity index (χ4v) is 3.99. The number of aromatic nitrogens is 2. The Bertz CT molecular complexity index is 1080. The third-order valence-electron chi connectivity index (χ3n) is 5.16. The van der Waals surface area contributed by atoms with Crippen molar-refractivity contribution in [2.24, 2.45) is 7.05 Å². The number of rotatable bonds is 4. The third-order valence-corrected chi connectivity index (χ3v) is 5.63. The molecule has 0 bridgehead atoms. The number of thiocarbonyl (C=S) groups is 1. The van der Waals surface area contributed by atoms with E-state index in [-0.39, 0.29) is 11.8 Å². The lowest BCUT2D eigenvalue weighted by Crippen LogP contribution is -2.42. The summed E-state index contributed by atoms with van der Waals surface area (Å²) in [5.74, 6) is 0.876. The van der Waals surface area contributed by atoms with E-state index in [1.54, 1.807) is 30.3 Å². The fourth-order valence-electron chi connectivity index (χ4n) is 3.64. The Balaban J connectivity index is 1.63. The Hall–Kier alpha value is -3.37. The molecule has 2 heterocycles. The minimum Gasteiger partial charge on any atom is -0.508 e. The molecule has 1 aliphatic rings. The first-order chi connectivity index (χ1) is 14.1. The van der Waals surface area contributed by atoms with Crippen LogP contribution in [0.1, 0.15) is 28.4 Å². The minimum atomic E-state index is -0.0977. The van der Waals surface area contributed by atoms with Gasteiger partial charge in [0.2, 0.25) is 0 Å². The number of fused-ring (bicyclic) bond motifs is 1. The van der Waals surface area contributed by atoms with Gasteiger partial charge >= 0.3 is 0 Å². The summed E-state index contributed by atoms with van der Waals surface area (Å²) in [5, 5.41) is 23.1. The number of phenols is 1. The van der Waals surface area contributed by atoms with Crippen LogP contribution < -0.4 is 4.74 Å². The van der Waals surface area contributed by atoms with Gasteiger partial charge in [-0.25, -0.2) is 0 Å². The van der Waals surface area contributed by atoms with Crippen molar-refractivity contribution >= 4 is 17.2 Å². The van der Waals surface area contributed by atoms with Crippen molar-refractivity contribution in [3.63, 3.8) is 0 Å². The molecular formula is C22H20N4O2S. The number of hydrogen-bond donors (Lipinski definition) is 1. The van der Waals surface area contributed by atoms with Crippen LogP contribution in [0.4, 0.5) is 0 Å². The van der Waals surface area contributed by atoms with Crippen molar-refractivity contribution in [3.8, 4) is 17.6 Å². The van der Waals surface area contributed by atoms with Crippen molar-refractivity contribution in [3.05, 3.63) is 77.1 Å². The number of phenolic OH excluding ortho intramolecular Hbond substituents is 1. The molecule has 3 aromatic rings. The maximum Gasteiger partial charge on any atom is 0.119 e. The van der Waals surface area contributed by atoms with Crippen LogP contribution in [-0.4, -0.2) is 37.9 Å². The first kappa shape index (κ1) is 19.0. The van der Waals surface area contributed by atoms with Crippen molar-refractivity contribution in [2.75, 3.05) is 13.2 Å². The van der Waals surface area contributed by atoms with Crippen LogP contribution in [0.15, 0.2) is 54.7 Å². The topological polar surface area (TPSA) is 74.3 Å². The predicted molar refractivity (Wildman–Crippen MR) is 113 cm³/mol. The first-order valence-corrected chi connectivity index (χ1v) is 9.71. The minimum absolute atomic E-state index is 0.0977. The van der Waals surface area contributed by atoms with Gasteiger partial charge < -0.3 is 14.7 Å². The largest absolute Gasteiger partial charge is 0.508 e. The van der Waals surface area contributed by atoms with E-state index in [0.29, 0.717) is 22.9 Å². The van der Waals surface area contributed by atoms with E-state index < -0.39 is 0 Å². The zero-order valence-electron chi connectivity index (χ0n) is 15.9. The second-order valence-corrected chi connectivity index (χ2v) is 7.32. The Kier molecular flexibility index (Phi) is 5.19. The Morgan fingerprint density at radius 3 is 2.86 bits per heavy atom. The van der Waals surface area contributed by atoms with Crippen molar-refractivity contribution in [1.82, 2.24) is 14.7 Å². The van der Waals surface area contributed by atoms with E-state index in [2.05, 4.69) is 16.1 Å². The standard InChI is InChI=1S/C22H20N4O2S/c1-25-20-9-10-26(22(29)16-4-2-3-15(11-16)12-23)21(19(20)13-24-25)14-28-18-7-5-17(27)6-8-18/h2-8,11,13,21,27H,9-10,14H2,1H3. The summed E-state index contributed by atoms with van der Waals surface area (Å²) in [6.07, 6.45) is 2.71. The van der Waals surface area contributed by atoms with Crippen molar-refractivity contribution in [2.45, 2.75) is 12.5 Å². The highest BCUT2D eigenvalue weighted by Gasteiger charge is 2.32. The molecule has 0 saturated heterocycles. The maximum absolute atomic E-state index is 9.48. The van der Waals surface area contributed by atoms with Gasteiger partial charge in [-0.2, -0.15) is 10.4 Å². The average Bonchev–Trinajstić information content (AvgIpc) is 3.13. The van der Waals surface area contributed by atoms with E-state index in [1.165, 1.54) is 5.69 Å². The zero-order chi connectivity index (χ0) is 20.4. The van der Waals surface area contributed by atoms with Crippen molar-refractivity contribution < 1.29 is 9.84 Å². The number of aromatic hydroxyl groups is 1. The number of hydrogen-bond acceptors (Lipinski definition) is 5. The normalized spacial score (nSPS) is 15.4. The lowest BCUT2D eigenvalue weighted by atomic mass is 9.98. The molecule has 0 aliphatic carbocycles. The van der Waals surface area contributed by atoms with E-state index in [4.69, 9.17) is 17.0 Å². The molecule has 1 aliphatic heterocycles. The van der Waals surface area contributed by atoms with E-state index >= 15 is 0 Å². The first-order valence-electron chi connectivity index (χ1n) is 9.30. The molecule has 0 spiro atoms. The monoisotopic (exact) mass is 404 g/mol. The molecule has 1 atom stereocenters. The smallest absolute Gasteiger partial charge is 0.119 e. The van der Waals surface area contributed by atoms with Crippen LogP contribution in [0.5, 0.6) is 11.5 Å². The molecule has 7 heteroatoms. The molecule has 1 aromatic heterocycles. The second-order valence-electron chi connectivity index (χ2n) is 6.93. The molecule has 6 nitrogen and oxygen atoms in total. The number of ether oxygens (including phenoxy) is 1. The lowest BCUT2D eigenvalue weighted by Gasteiger charge is -2.37. The summed E-state index contributed by atoms with van der Waals surface area (Å²) in [7, 11) is 1.95. The highest BCUT2D eigenvalue weighted by Crippen LogP contribution is 2.32. The van der Waals surface area contributed by atoms with Crippen LogP contribution in [0.25, 0.3) is 0 Å².